The third kappa shape index (κ3) is 2.92. The largest absolute Gasteiger partial charge is 0.379 e. The van der Waals surface area contributed by atoms with Gasteiger partial charge in [-0.25, -0.2) is 4.63 Å². The summed E-state index contributed by atoms with van der Waals surface area (Å²) in [6, 6.07) is 0. The molecule has 0 aromatic carbocycles. The zero-order valence-electron chi connectivity index (χ0n) is 9.10. The number of hydrogen-bond donors (Lipinski definition) is 3. The van der Waals surface area contributed by atoms with Gasteiger partial charge in [0.15, 0.2) is 0 Å². The van der Waals surface area contributed by atoms with E-state index in [0.717, 1.165) is 12.8 Å². The maximum absolute atomic E-state index is 11.5. The average molecular weight is 239 g/mol. The minimum absolute atomic E-state index is 0.0430. The van der Waals surface area contributed by atoms with Gasteiger partial charge in [0, 0.05) is 19.0 Å². The molecule has 0 atom stereocenters. The standard InChI is InChI=1S/C9H13N5O3/c10-7-6(13-17-14-7)9(16)12-4-3-11-8(15)5-1-2-5/h5H,1-4H2,(H2,10,14)(H,11,15)(H,12,16). The predicted octanol–water partition coefficient (Wildman–Crippen LogP) is -1.09. The number of nitrogen functional groups attached to an aromatic ring is 1. The number of carbonyl (C=O) groups is 2. The van der Waals surface area contributed by atoms with Crippen LogP contribution in [-0.4, -0.2) is 35.2 Å². The molecular formula is C9H13N5O3. The van der Waals surface area contributed by atoms with Gasteiger partial charge < -0.3 is 16.4 Å². The number of rotatable bonds is 5. The van der Waals surface area contributed by atoms with Crippen molar-refractivity contribution in [2.45, 2.75) is 12.8 Å². The van der Waals surface area contributed by atoms with E-state index in [0.29, 0.717) is 13.1 Å². The summed E-state index contributed by atoms with van der Waals surface area (Å²) in [7, 11) is 0. The highest BCUT2D eigenvalue weighted by atomic mass is 16.6. The summed E-state index contributed by atoms with van der Waals surface area (Å²) >= 11 is 0. The molecule has 0 saturated heterocycles. The van der Waals surface area contributed by atoms with Crippen LogP contribution in [0.4, 0.5) is 5.82 Å². The van der Waals surface area contributed by atoms with Crippen LogP contribution in [0.25, 0.3) is 0 Å². The van der Waals surface area contributed by atoms with Gasteiger partial charge in [0.2, 0.25) is 17.4 Å². The SMILES string of the molecule is Nc1nonc1C(=O)NCCNC(=O)C1CC1. The first-order chi connectivity index (χ1) is 8.18. The molecule has 1 aromatic rings. The summed E-state index contributed by atoms with van der Waals surface area (Å²) in [5, 5.41) is 11.9. The second kappa shape index (κ2) is 4.81. The van der Waals surface area contributed by atoms with Gasteiger partial charge in [0.1, 0.15) is 0 Å². The van der Waals surface area contributed by atoms with Gasteiger partial charge in [-0.05, 0) is 23.2 Å². The summed E-state index contributed by atoms with van der Waals surface area (Å²) in [5.41, 5.74) is 5.30. The lowest BCUT2D eigenvalue weighted by atomic mass is 10.4. The van der Waals surface area contributed by atoms with E-state index in [2.05, 4.69) is 25.6 Å². The zero-order chi connectivity index (χ0) is 12.3. The minimum Gasteiger partial charge on any atom is -0.379 e. The Hall–Kier alpha value is -2.12. The van der Waals surface area contributed by atoms with Gasteiger partial charge in [-0.2, -0.15) is 0 Å². The first-order valence-electron chi connectivity index (χ1n) is 5.32. The lowest BCUT2D eigenvalue weighted by Crippen LogP contribution is -2.35. The Morgan fingerprint density at radius 2 is 2.00 bits per heavy atom. The zero-order valence-corrected chi connectivity index (χ0v) is 9.10. The second-order valence-corrected chi connectivity index (χ2v) is 3.82. The molecule has 8 nitrogen and oxygen atoms in total. The van der Waals surface area contributed by atoms with E-state index in [-0.39, 0.29) is 23.3 Å². The number of nitrogens with one attached hydrogen (secondary N) is 2. The number of hydrogen-bond acceptors (Lipinski definition) is 6. The number of nitrogens with two attached hydrogens (primary N) is 1. The molecule has 1 aromatic heterocycles. The van der Waals surface area contributed by atoms with Crippen LogP contribution in [0.2, 0.25) is 0 Å². The van der Waals surface area contributed by atoms with Gasteiger partial charge in [0.25, 0.3) is 5.91 Å². The van der Waals surface area contributed by atoms with Crippen LogP contribution in [-0.2, 0) is 4.79 Å². The number of anilines is 1. The molecule has 1 aliphatic rings. The second-order valence-electron chi connectivity index (χ2n) is 3.82. The van der Waals surface area contributed by atoms with E-state index in [9.17, 15) is 9.59 Å². The Bertz CT molecular complexity index is 426. The van der Waals surface area contributed by atoms with E-state index in [4.69, 9.17) is 5.73 Å². The average Bonchev–Trinajstić information content (AvgIpc) is 3.07. The highest BCUT2D eigenvalue weighted by molar-refractivity contribution is 5.95. The van der Waals surface area contributed by atoms with Crippen molar-refractivity contribution < 1.29 is 14.2 Å². The summed E-state index contributed by atoms with van der Waals surface area (Å²) in [6.45, 7) is 0.690. The van der Waals surface area contributed by atoms with E-state index < -0.39 is 5.91 Å². The van der Waals surface area contributed by atoms with Crippen LogP contribution in [0.15, 0.2) is 4.63 Å². The molecule has 17 heavy (non-hydrogen) atoms. The normalized spacial score (nSPS) is 14.4. The lowest BCUT2D eigenvalue weighted by molar-refractivity contribution is -0.122. The Kier molecular flexibility index (Phi) is 3.22. The van der Waals surface area contributed by atoms with Crippen LogP contribution in [0.1, 0.15) is 23.3 Å². The monoisotopic (exact) mass is 239 g/mol. The highest BCUT2D eigenvalue weighted by Gasteiger charge is 2.29. The van der Waals surface area contributed by atoms with Crippen molar-refractivity contribution in [1.82, 2.24) is 20.9 Å². The van der Waals surface area contributed by atoms with Crippen LogP contribution in [0.5, 0.6) is 0 Å². The van der Waals surface area contributed by atoms with Crippen LogP contribution in [0.3, 0.4) is 0 Å². The molecule has 0 aliphatic heterocycles. The first kappa shape index (κ1) is 11.4. The van der Waals surface area contributed by atoms with E-state index in [1.807, 2.05) is 0 Å². The van der Waals surface area contributed by atoms with Crippen LogP contribution < -0.4 is 16.4 Å². The lowest BCUT2D eigenvalue weighted by Gasteiger charge is -2.04. The molecule has 1 saturated carbocycles. The molecule has 0 unspecified atom stereocenters. The molecule has 4 N–H and O–H groups in total. The molecule has 0 radical (unpaired) electrons. The molecule has 2 amide bonds. The molecule has 0 bridgehead atoms. The van der Waals surface area contributed by atoms with Crippen LogP contribution >= 0.6 is 0 Å². The van der Waals surface area contributed by atoms with E-state index in [1.165, 1.54) is 0 Å². The van der Waals surface area contributed by atoms with Crippen molar-refractivity contribution in [3.63, 3.8) is 0 Å². The summed E-state index contributed by atoms with van der Waals surface area (Å²) in [6.07, 6.45) is 1.92. The van der Waals surface area contributed by atoms with Crippen molar-refractivity contribution in [2.75, 3.05) is 18.8 Å². The number of aromatic nitrogens is 2. The van der Waals surface area contributed by atoms with E-state index in [1.54, 1.807) is 0 Å². The quantitative estimate of drug-likeness (QED) is 0.561. The predicted molar refractivity (Wildman–Crippen MR) is 56.8 cm³/mol. The van der Waals surface area contributed by atoms with Crippen molar-refractivity contribution >= 4 is 17.6 Å². The smallest absolute Gasteiger partial charge is 0.277 e. The van der Waals surface area contributed by atoms with Crippen molar-refractivity contribution in [3.8, 4) is 0 Å². The Morgan fingerprint density at radius 3 is 2.59 bits per heavy atom. The molecule has 92 valence electrons. The number of amides is 2. The van der Waals surface area contributed by atoms with Gasteiger partial charge in [-0.1, -0.05) is 0 Å². The van der Waals surface area contributed by atoms with Crippen molar-refractivity contribution in [1.29, 1.82) is 0 Å². The van der Waals surface area contributed by atoms with Crippen molar-refractivity contribution in [3.05, 3.63) is 5.69 Å². The van der Waals surface area contributed by atoms with Gasteiger partial charge in [-0.3, -0.25) is 9.59 Å². The fourth-order valence-corrected chi connectivity index (χ4v) is 1.29. The van der Waals surface area contributed by atoms with Gasteiger partial charge in [-0.15, -0.1) is 0 Å². The molecule has 1 heterocycles. The summed E-state index contributed by atoms with van der Waals surface area (Å²) in [5.74, 6) is -0.308. The summed E-state index contributed by atoms with van der Waals surface area (Å²) in [4.78, 5) is 22.7. The number of carbonyl (C=O) groups excluding carboxylic acids is 2. The molecule has 1 aliphatic carbocycles. The number of nitrogens with zero attached hydrogens (tertiary/aromatic N) is 2. The molecule has 8 heteroatoms. The molecule has 0 spiro atoms. The molecule has 1 fully saturated rings. The topological polar surface area (TPSA) is 123 Å². The fraction of sp³-hybridized carbons (Fsp3) is 0.556. The first-order valence-corrected chi connectivity index (χ1v) is 5.32. The Labute approximate surface area is 96.9 Å². The van der Waals surface area contributed by atoms with Gasteiger partial charge >= 0.3 is 0 Å². The Balaban J connectivity index is 1.66. The van der Waals surface area contributed by atoms with Gasteiger partial charge in [0.05, 0.1) is 0 Å². The summed E-state index contributed by atoms with van der Waals surface area (Å²) < 4.78 is 4.30. The van der Waals surface area contributed by atoms with Crippen molar-refractivity contribution in [2.24, 2.45) is 5.92 Å². The maximum Gasteiger partial charge on any atom is 0.277 e. The third-order valence-electron chi connectivity index (χ3n) is 2.39. The highest BCUT2D eigenvalue weighted by Crippen LogP contribution is 2.28. The Morgan fingerprint density at radius 1 is 1.29 bits per heavy atom. The van der Waals surface area contributed by atoms with Crippen LogP contribution in [0, 0.1) is 5.92 Å². The fourth-order valence-electron chi connectivity index (χ4n) is 1.29. The third-order valence-corrected chi connectivity index (χ3v) is 2.39. The molecular weight excluding hydrogens is 226 g/mol. The minimum atomic E-state index is -0.468. The van der Waals surface area contributed by atoms with E-state index >= 15 is 0 Å². The molecule has 2 rings (SSSR count). The maximum atomic E-state index is 11.5.